The second-order valence-corrected chi connectivity index (χ2v) is 4.25. The summed E-state index contributed by atoms with van der Waals surface area (Å²) in [4.78, 5) is 11.7. The van der Waals surface area contributed by atoms with Crippen LogP contribution in [0.4, 0.5) is 0 Å². The molecule has 0 aliphatic heterocycles. The van der Waals surface area contributed by atoms with Crippen molar-refractivity contribution in [3.63, 3.8) is 0 Å². The molecule has 88 valence electrons. The van der Waals surface area contributed by atoms with E-state index in [0.717, 1.165) is 25.7 Å². The molecule has 1 rings (SSSR count). The monoisotopic (exact) mass is 214 g/mol. The molecule has 15 heavy (non-hydrogen) atoms. The summed E-state index contributed by atoms with van der Waals surface area (Å²) < 4.78 is 5.09. The van der Waals surface area contributed by atoms with Gasteiger partial charge in [0.05, 0.1) is 0 Å². The molecule has 0 saturated heterocycles. The van der Waals surface area contributed by atoms with E-state index in [4.69, 9.17) is 10.5 Å². The highest BCUT2D eigenvalue weighted by Gasteiger charge is 2.23. The lowest BCUT2D eigenvalue weighted by Crippen LogP contribution is -2.45. The summed E-state index contributed by atoms with van der Waals surface area (Å²) in [7, 11) is 1.57. The van der Waals surface area contributed by atoms with Gasteiger partial charge in [0.15, 0.2) is 0 Å². The Morgan fingerprint density at radius 3 is 2.53 bits per heavy atom. The van der Waals surface area contributed by atoms with Crippen LogP contribution in [0.2, 0.25) is 0 Å². The number of rotatable bonds is 4. The van der Waals surface area contributed by atoms with Gasteiger partial charge in [-0.05, 0) is 32.1 Å². The average Bonchev–Trinajstić information content (AvgIpc) is 2.23. The van der Waals surface area contributed by atoms with Gasteiger partial charge in [-0.1, -0.05) is 6.92 Å². The van der Waals surface area contributed by atoms with Crippen LogP contribution in [0.25, 0.3) is 0 Å². The Bertz CT molecular complexity index is 197. The van der Waals surface area contributed by atoms with Gasteiger partial charge in [0.25, 0.3) is 0 Å². The SMILES string of the molecule is CCC(OC)C(=O)NC1CCC(N)CC1. The molecule has 4 nitrogen and oxygen atoms in total. The lowest BCUT2D eigenvalue weighted by molar-refractivity contribution is -0.132. The molecule has 1 amide bonds. The Labute approximate surface area is 91.5 Å². The third-order valence-electron chi connectivity index (χ3n) is 3.07. The van der Waals surface area contributed by atoms with Crippen molar-refractivity contribution in [1.29, 1.82) is 0 Å². The smallest absolute Gasteiger partial charge is 0.249 e. The molecule has 1 fully saturated rings. The van der Waals surface area contributed by atoms with Crippen LogP contribution in [0.5, 0.6) is 0 Å². The molecule has 0 aromatic heterocycles. The van der Waals surface area contributed by atoms with Crippen LogP contribution in [0, 0.1) is 0 Å². The fourth-order valence-electron chi connectivity index (χ4n) is 2.02. The van der Waals surface area contributed by atoms with Crippen molar-refractivity contribution in [2.24, 2.45) is 5.73 Å². The van der Waals surface area contributed by atoms with Crippen LogP contribution in [-0.4, -0.2) is 31.2 Å². The van der Waals surface area contributed by atoms with Gasteiger partial charge in [0, 0.05) is 19.2 Å². The van der Waals surface area contributed by atoms with E-state index in [-0.39, 0.29) is 12.0 Å². The summed E-state index contributed by atoms with van der Waals surface area (Å²) in [6.07, 6.45) is 4.42. The number of nitrogens with two attached hydrogens (primary N) is 1. The minimum Gasteiger partial charge on any atom is -0.372 e. The van der Waals surface area contributed by atoms with Gasteiger partial charge < -0.3 is 15.8 Å². The summed E-state index contributed by atoms with van der Waals surface area (Å²) in [6.45, 7) is 1.95. The Morgan fingerprint density at radius 2 is 2.07 bits per heavy atom. The molecule has 0 aromatic rings. The van der Waals surface area contributed by atoms with Crippen molar-refractivity contribution in [3.8, 4) is 0 Å². The molecular formula is C11H22N2O2. The Morgan fingerprint density at radius 1 is 1.47 bits per heavy atom. The predicted octanol–water partition coefficient (Wildman–Crippen LogP) is 0.797. The van der Waals surface area contributed by atoms with Crippen molar-refractivity contribution in [3.05, 3.63) is 0 Å². The van der Waals surface area contributed by atoms with Crippen molar-refractivity contribution in [2.75, 3.05) is 7.11 Å². The zero-order valence-electron chi connectivity index (χ0n) is 9.66. The maximum Gasteiger partial charge on any atom is 0.249 e. The first kappa shape index (κ1) is 12.5. The average molecular weight is 214 g/mol. The highest BCUT2D eigenvalue weighted by molar-refractivity contribution is 5.80. The minimum atomic E-state index is -0.305. The molecule has 0 heterocycles. The number of carbonyl (C=O) groups is 1. The first-order valence-corrected chi connectivity index (χ1v) is 5.76. The van der Waals surface area contributed by atoms with E-state index >= 15 is 0 Å². The minimum absolute atomic E-state index is 0.0143. The van der Waals surface area contributed by atoms with Gasteiger partial charge in [-0.15, -0.1) is 0 Å². The number of hydrogen-bond acceptors (Lipinski definition) is 3. The number of ether oxygens (including phenoxy) is 1. The fraction of sp³-hybridized carbons (Fsp3) is 0.909. The van der Waals surface area contributed by atoms with E-state index in [9.17, 15) is 4.79 Å². The lowest BCUT2D eigenvalue weighted by Gasteiger charge is -2.28. The number of carbonyl (C=O) groups excluding carboxylic acids is 1. The van der Waals surface area contributed by atoms with Crippen LogP contribution in [-0.2, 0) is 9.53 Å². The van der Waals surface area contributed by atoms with E-state index < -0.39 is 0 Å². The van der Waals surface area contributed by atoms with E-state index in [1.807, 2.05) is 6.92 Å². The topological polar surface area (TPSA) is 64.3 Å². The van der Waals surface area contributed by atoms with Crippen LogP contribution in [0.15, 0.2) is 0 Å². The van der Waals surface area contributed by atoms with Gasteiger partial charge in [0.1, 0.15) is 6.10 Å². The third-order valence-corrected chi connectivity index (χ3v) is 3.07. The van der Waals surface area contributed by atoms with Crippen LogP contribution >= 0.6 is 0 Å². The molecule has 1 saturated carbocycles. The highest BCUT2D eigenvalue weighted by atomic mass is 16.5. The van der Waals surface area contributed by atoms with Gasteiger partial charge in [-0.3, -0.25) is 4.79 Å². The molecule has 1 aliphatic carbocycles. The maximum absolute atomic E-state index is 11.7. The summed E-state index contributed by atoms with van der Waals surface area (Å²) in [5, 5.41) is 3.02. The van der Waals surface area contributed by atoms with Gasteiger partial charge in [0.2, 0.25) is 5.91 Å². The molecule has 4 heteroatoms. The van der Waals surface area contributed by atoms with Crippen LogP contribution < -0.4 is 11.1 Å². The second-order valence-electron chi connectivity index (χ2n) is 4.25. The van der Waals surface area contributed by atoms with Gasteiger partial charge in [-0.2, -0.15) is 0 Å². The molecule has 0 aromatic carbocycles. The van der Waals surface area contributed by atoms with E-state index in [1.165, 1.54) is 0 Å². The lowest BCUT2D eigenvalue weighted by atomic mass is 9.91. The number of hydrogen-bond donors (Lipinski definition) is 2. The van der Waals surface area contributed by atoms with Crippen molar-refractivity contribution >= 4 is 5.91 Å². The zero-order chi connectivity index (χ0) is 11.3. The first-order valence-electron chi connectivity index (χ1n) is 5.76. The third kappa shape index (κ3) is 3.80. The van der Waals surface area contributed by atoms with Crippen molar-refractivity contribution in [1.82, 2.24) is 5.32 Å². The first-order chi connectivity index (χ1) is 7.17. The van der Waals surface area contributed by atoms with Gasteiger partial charge in [-0.25, -0.2) is 0 Å². The molecule has 0 bridgehead atoms. The number of amides is 1. The standard InChI is InChI=1S/C11H22N2O2/c1-3-10(15-2)11(14)13-9-6-4-8(12)5-7-9/h8-10H,3-7,12H2,1-2H3,(H,13,14). The maximum atomic E-state index is 11.7. The normalized spacial score (nSPS) is 28.5. The highest BCUT2D eigenvalue weighted by Crippen LogP contribution is 2.17. The van der Waals surface area contributed by atoms with Crippen LogP contribution in [0.1, 0.15) is 39.0 Å². The van der Waals surface area contributed by atoms with E-state index in [0.29, 0.717) is 18.5 Å². The molecular weight excluding hydrogens is 192 g/mol. The Hall–Kier alpha value is -0.610. The quantitative estimate of drug-likeness (QED) is 0.727. The van der Waals surface area contributed by atoms with E-state index in [1.54, 1.807) is 7.11 Å². The molecule has 0 radical (unpaired) electrons. The molecule has 0 spiro atoms. The summed E-state index contributed by atoms with van der Waals surface area (Å²) in [5.74, 6) is 0.0143. The molecule has 1 atom stereocenters. The predicted molar refractivity (Wildman–Crippen MR) is 59.5 cm³/mol. The summed E-state index contributed by atoms with van der Waals surface area (Å²) in [5.41, 5.74) is 5.80. The van der Waals surface area contributed by atoms with Crippen molar-refractivity contribution < 1.29 is 9.53 Å². The number of methoxy groups -OCH3 is 1. The zero-order valence-corrected chi connectivity index (χ0v) is 9.66. The summed E-state index contributed by atoms with van der Waals surface area (Å²) >= 11 is 0. The molecule has 1 unspecified atom stereocenters. The fourth-order valence-corrected chi connectivity index (χ4v) is 2.02. The Kier molecular flexibility index (Phi) is 5.05. The second kappa shape index (κ2) is 6.08. The van der Waals surface area contributed by atoms with E-state index in [2.05, 4.69) is 5.32 Å². The molecule has 3 N–H and O–H groups in total. The number of nitrogens with one attached hydrogen (secondary N) is 1. The Balaban J connectivity index is 2.31. The van der Waals surface area contributed by atoms with Gasteiger partial charge >= 0.3 is 0 Å². The molecule has 1 aliphatic rings. The van der Waals surface area contributed by atoms with Crippen molar-refractivity contribution in [2.45, 2.75) is 57.2 Å². The summed E-state index contributed by atoms with van der Waals surface area (Å²) in [6, 6.07) is 0.615. The largest absolute Gasteiger partial charge is 0.372 e. The van der Waals surface area contributed by atoms with Crippen LogP contribution in [0.3, 0.4) is 0 Å².